The molecule has 2 rings (SSSR count). The van der Waals surface area contributed by atoms with Gasteiger partial charge in [0, 0.05) is 6.07 Å². The van der Waals surface area contributed by atoms with Crippen LogP contribution in [0.5, 0.6) is 0 Å². The molecule has 0 N–H and O–H groups in total. The first-order chi connectivity index (χ1) is 7.81. The standard InChI is InChI=1S/C11H14N3S2/c1-3-7-15-11-10(12-16-13-11)9-5-4-6-14(2)8-9/h4-6,8H,3,7H2,1-2H3/q+1. The van der Waals surface area contributed by atoms with Gasteiger partial charge in [0.15, 0.2) is 12.4 Å². The van der Waals surface area contributed by atoms with Gasteiger partial charge < -0.3 is 0 Å². The van der Waals surface area contributed by atoms with Crippen molar-refractivity contribution in [3.8, 4) is 11.3 Å². The minimum absolute atomic E-state index is 1.01. The summed E-state index contributed by atoms with van der Waals surface area (Å²) in [5.41, 5.74) is 2.15. The second-order valence-electron chi connectivity index (χ2n) is 3.52. The molecule has 0 aromatic carbocycles. The molecular formula is C11H14N3S2+. The number of aryl methyl sites for hydroxylation is 1. The molecular weight excluding hydrogens is 238 g/mol. The summed E-state index contributed by atoms with van der Waals surface area (Å²) in [6, 6.07) is 4.11. The Morgan fingerprint density at radius 2 is 2.31 bits per heavy atom. The van der Waals surface area contributed by atoms with E-state index in [1.165, 1.54) is 11.7 Å². The van der Waals surface area contributed by atoms with Gasteiger partial charge in [-0.05, 0) is 18.2 Å². The molecule has 0 fully saturated rings. The molecule has 5 heteroatoms. The first kappa shape index (κ1) is 11.5. The van der Waals surface area contributed by atoms with Gasteiger partial charge in [-0.2, -0.15) is 8.75 Å². The largest absolute Gasteiger partial charge is 0.207 e. The molecule has 84 valence electrons. The van der Waals surface area contributed by atoms with Crippen LogP contribution >= 0.6 is 23.5 Å². The second-order valence-corrected chi connectivity index (χ2v) is 5.14. The minimum Gasteiger partial charge on any atom is -0.207 e. The molecule has 0 spiro atoms. The van der Waals surface area contributed by atoms with Crippen molar-refractivity contribution in [3.05, 3.63) is 24.5 Å². The number of pyridine rings is 1. The highest BCUT2D eigenvalue weighted by molar-refractivity contribution is 7.99. The minimum atomic E-state index is 1.01. The van der Waals surface area contributed by atoms with E-state index in [1.807, 2.05) is 23.9 Å². The zero-order valence-corrected chi connectivity index (χ0v) is 11.0. The van der Waals surface area contributed by atoms with Crippen LogP contribution in [0.3, 0.4) is 0 Å². The van der Waals surface area contributed by atoms with Gasteiger partial charge in [0.2, 0.25) is 0 Å². The number of hydrogen-bond acceptors (Lipinski definition) is 4. The SMILES string of the molecule is CCCSc1nsnc1-c1ccc[n+](C)c1. The molecule has 16 heavy (non-hydrogen) atoms. The fourth-order valence-corrected chi connectivity index (χ4v) is 2.92. The third-order valence-electron chi connectivity index (χ3n) is 2.11. The molecule has 0 saturated carbocycles. The Morgan fingerprint density at radius 3 is 3.06 bits per heavy atom. The molecule has 0 aliphatic carbocycles. The first-order valence-electron chi connectivity index (χ1n) is 5.22. The average molecular weight is 252 g/mol. The molecule has 3 nitrogen and oxygen atoms in total. The van der Waals surface area contributed by atoms with Crippen LogP contribution in [-0.4, -0.2) is 14.5 Å². The van der Waals surface area contributed by atoms with Crippen LogP contribution in [-0.2, 0) is 7.05 Å². The number of aromatic nitrogens is 3. The van der Waals surface area contributed by atoms with Gasteiger partial charge in [-0.25, -0.2) is 4.57 Å². The van der Waals surface area contributed by atoms with Crippen molar-refractivity contribution in [2.24, 2.45) is 7.05 Å². The molecule has 0 radical (unpaired) electrons. The molecule has 0 atom stereocenters. The smallest absolute Gasteiger partial charge is 0.178 e. The highest BCUT2D eigenvalue weighted by Crippen LogP contribution is 2.28. The Kier molecular flexibility index (Phi) is 3.90. The third-order valence-corrected chi connectivity index (χ3v) is 3.93. The summed E-state index contributed by atoms with van der Waals surface area (Å²) in [6.07, 6.45) is 5.25. The highest BCUT2D eigenvalue weighted by Gasteiger charge is 2.12. The van der Waals surface area contributed by atoms with Gasteiger partial charge in [-0.3, -0.25) is 0 Å². The first-order valence-corrected chi connectivity index (χ1v) is 6.94. The van der Waals surface area contributed by atoms with E-state index in [0.717, 1.165) is 28.5 Å². The van der Waals surface area contributed by atoms with Crippen molar-refractivity contribution in [1.29, 1.82) is 0 Å². The van der Waals surface area contributed by atoms with Crippen LogP contribution in [0.2, 0.25) is 0 Å². The Labute approximate surface area is 104 Å². The molecule has 2 heterocycles. The maximum atomic E-state index is 4.38. The van der Waals surface area contributed by atoms with Crippen molar-refractivity contribution in [3.63, 3.8) is 0 Å². The van der Waals surface area contributed by atoms with E-state index in [0.29, 0.717) is 0 Å². The second kappa shape index (κ2) is 5.41. The lowest BCUT2D eigenvalue weighted by Crippen LogP contribution is -2.26. The Bertz CT molecular complexity index is 468. The molecule has 0 amide bonds. The topological polar surface area (TPSA) is 29.7 Å². The highest BCUT2D eigenvalue weighted by atomic mass is 32.2. The zero-order valence-electron chi connectivity index (χ0n) is 9.38. The number of thioether (sulfide) groups is 1. The summed E-state index contributed by atoms with van der Waals surface area (Å²) in [5.74, 6) is 1.09. The number of nitrogens with zero attached hydrogens (tertiary/aromatic N) is 3. The summed E-state index contributed by atoms with van der Waals surface area (Å²) >= 11 is 3.07. The molecule has 2 aromatic heterocycles. The molecule has 0 unspecified atom stereocenters. The van der Waals surface area contributed by atoms with Crippen LogP contribution in [0.15, 0.2) is 29.6 Å². The fourth-order valence-electron chi connectivity index (χ4n) is 1.38. The lowest BCUT2D eigenvalue weighted by molar-refractivity contribution is -0.671. The lowest BCUT2D eigenvalue weighted by Gasteiger charge is -1.98. The van der Waals surface area contributed by atoms with Crippen LogP contribution in [0.25, 0.3) is 11.3 Å². The van der Waals surface area contributed by atoms with Gasteiger partial charge in [-0.1, -0.05) is 6.92 Å². The predicted octanol–water partition coefficient (Wildman–Crippen LogP) is 2.53. The van der Waals surface area contributed by atoms with Crippen LogP contribution in [0, 0.1) is 0 Å². The molecule has 0 bridgehead atoms. The summed E-state index contributed by atoms with van der Waals surface area (Å²) in [5, 5.41) is 1.05. The maximum Gasteiger partial charge on any atom is 0.178 e. The summed E-state index contributed by atoms with van der Waals surface area (Å²) < 4.78 is 10.8. The Hall–Kier alpha value is -0.940. The van der Waals surface area contributed by atoms with Crippen molar-refractivity contribution in [2.75, 3.05) is 5.75 Å². The van der Waals surface area contributed by atoms with Gasteiger partial charge in [-0.15, -0.1) is 11.8 Å². The molecule has 2 aromatic rings. The van der Waals surface area contributed by atoms with Crippen molar-refractivity contribution >= 4 is 23.5 Å². The van der Waals surface area contributed by atoms with Crippen molar-refractivity contribution < 1.29 is 4.57 Å². The predicted molar refractivity (Wildman–Crippen MR) is 67.5 cm³/mol. The van der Waals surface area contributed by atoms with Crippen LogP contribution in [0.4, 0.5) is 0 Å². The molecule has 0 aliphatic heterocycles. The van der Waals surface area contributed by atoms with E-state index in [4.69, 9.17) is 0 Å². The van der Waals surface area contributed by atoms with Gasteiger partial charge in [0.05, 0.1) is 17.3 Å². The van der Waals surface area contributed by atoms with E-state index >= 15 is 0 Å². The Morgan fingerprint density at radius 1 is 1.44 bits per heavy atom. The number of rotatable bonds is 4. The van der Waals surface area contributed by atoms with Gasteiger partial charge >= 0.3 is 0 Å². The molecule has 0 aliphatic rings. The Balaban J connectivity index is 2.29. The van der Waals surface area contributed by atoms with E-state index in [9.17, 15) is 0 Å². The quantitative estimate of drug-likeness (QED) is 0.618. The number of hydrogen-bond donors (Lipinski definition) is 0. The van der Waals surface area contributed by atoms with E-state index in [2.05, 4.69) is 27.9 Å². The average Bonchev–Trinajstić information content (AvgIpc) is 2.74. The van der Waals surface area contributed by atoms with Crippen molar-refractivity contribution in [1.82, 2.24) is 8.75 Å². The summed E-state index contributed by atoms with van der Waals surface area (Å²) in [6.45, 7) is 2.18. The fraction of sp³-hybridized carbons (Fsp3) is 0.364. The monoisotopic (exact) mass is 252 g/mol. The third kappa shape index (κ3) is 2.59. The lowest BCUT2D eigenvalue weighted by atomic mass is 10.2. The normalized spacial score (nSPS) is 10.6. The van der Waals surface area contributed by atoms with Gasteiger partial charge in [0.1, 0.15) is 17.8 Å². The van der Waals surface area contributed by atoms with Crippen molar-refractivity contribution in [2.45, 2.75) is 18.4 Å². The van der Waals surface area contributed by atoms with Crippen LogP contribution in [0.1, 0.15) is 13.3 Å². The van der Waals surface area contributed by atoms with Gasteiger partial charge in [0.25, 0.3) is 0 Å². The molecule has 0 saturated heterocycles. The van der Waals surface area contributed by atoms with E-state index in [1.54, 1.807) is 11.8 Å². The summed E-state index contributed by atoms with van der Waals surface area (Å²) in [7, 11) is 2.02. The van der Waals surface area contributed by atoms with E-state index in [-0.39, 0.29) is 0 Å². The van der Waals surface area contributed by atoms with Crippen LogP contribution < -0.4 is 4.57 Å². The summed E-state index contributed by atoms with van der Waals surface area (Å²) in [4.78, 5) is 0. The van der Waals surface area contributed by atoms with E-state index < -0.39 is 0 Å². The zero-order chi connectivity index (χ0) is 11.4. The maximum absolute atomic E-state index is 4.38.